The number of hydrogen-bond acceptors (Lipinski definition) is 1. The van der Waals surface area contributed by atoms with Gasteiger partial charge in [-0.05, 0) is 26.7 Å². The molecule has 1 aliphatic carbocycles. The van der Waals surface area contributed by atoms with Gasteiger partial charge in [-0.2, -0.15) is 0 Å². The minimum atomic E-state index is -0.110. The fourth-order valence-corrected chi connectivity index (χ4v) is 3.62. The van der Waals surface area contributed by atoms with E-state index in [2.05, 4.69) is 32.4 Å². The minimum Gasteiger partial charge on any atom is -0.369 e. The Morgan fingerprint density at radius 1 is 1.44 bits per heavy atom. The molecule has 0 aromatic carbocycles. The number of rotatable bonds is 1. The van der Waals surface area contributed by atoms with Gasteiger partial charge in [0.2, 0.25) is 5.91 Å². The van der Waals surface area contributed by atoms with Crippen LogP contribution in [0.3, 0.4) is 0 Å². The third-order valence-electron chi connectivity index (χ3n) is 5.10. The second-order valence-electron chi connectivity index (χ2n) is 6.00. The highest BCUT2D eigenvalue weighted by molar-refractivity contribution is 5.85. The standard InChI is InChI=1S/C13H22N2O/c1-8-13(2,3)10-7-9(12(14)16)5-6-11(10)15(8)4/h9-11H,5-7H2,1-4H3,(H-,14,16)/p+1. The molecular weight excluding hydrogens is 200 g/mol. The molecule has 3 heteroatoms. The molecule has 1 heterocycles. The number of carbonyl (C=O) groups excluding carboxylic acids is 1. The summed E-state index contributed by atoms with van der Waals surface area (Å²) in [5.74, 6) is 0.574. The van der Waals surface area contributed by atoms with Crippen molar-refractivity contribution in [2.45, 2.75) is 46.1 Å². The summed E-state index contributed by atoms with van der Waals surface area (Å²) < 4.78 is 2.42. The Kier molecular flexibility index (Phi) is 2.59. The molecule has 1 aliphatic heterocycles. The highest BCUT2D eigenvalue weighted by atomic mass is 16.1. The average molecular weight is 223 g/mol. The smallest absolute Gasteiger partial charge is 0.220 e. The van der Waals surface area contributed by atoms with Crippen molar-refractivity contribution in [1.82, 2.24) is 0 Å². The predicted octanol–water partition coefficient (Wildman–Crippen LogP) is 1.40. The highest BCUT2D eigenvalue weighted by Gasteiger charge is 2.54. The lowest BCUT2D eigenvalue weighted by atomic mass is 9.66. The molecule has 0 aromatic rings. The number of carbonyl (C=O) groups is 1. The van der Waals surface area contributed by atoms with E-state index in [-0.39, 0.29) is 17.2 Å². The quantitative estimate of drug-likeness (QED) is 0.671. The molecule has 2 aliphatic rings. The first-order valence-corrected chi connectivity index (χ1v) is 6.22. The van der Waals surface area contributed by atoms with Crippen LogP contribution in [0.2, 0.25) is 0 Å². The number of nitrogens with two attached hydrogens (primary N) is 1. The Balaban J connectivity index is 2.25. The second kappa shape index (κ2) is 3.57. The second-order valence-corrected chi connectivity index (χ2v) is 6.00. The van der Waals surface area contributed by atoms with Crippen LogP contribution in [-0.2, 0) is 4.79 Å². The van der Waals surface area contributed by atoms with Crippen LogP contribution in [0.4, 0.5) is 0 Å². The number of nitrogens with zero attached hydrogens (tertiary/aromatic N) is 1. The third kappa shape index (κ3) is 1.48. The number of fused-ring (bicyclic) bond motifs is 1. The van der Waals surface area contributed by atoms with E-state index in [9.17, 15) is 4.79 Å². The van der Waals surface area contributed by atoms with E-state index in [1.54, 1.807) is 0 Å². The topological polar surface area (TPSA) is 46.1 Å². The molecule has 0 aromatic heterocycles. The first kappa shape index (κ1) is 11.6. The summed E-state index contributed by atoms with van der Waals surface area (Å²) in [6.45, 7) is 6.82. The molecule has 1 saturated carbocycles. The summed E-state index contributed by atoms with van der Waals surface area (Å²) in [6, 6.07) is 0.616. The van der Waals surface area contributed by atoms with Gasteiger partial charge >= 0.3 is 0 Å². The lowest BCUT2D eigenvalue weighted by Gasteiger charge is -2.33. The zero-order chi connectivity index (χ0) is 12.1. The molecule has 1 amide bonds. The van der Waals surface area contributed by atoms with E-state index in [4.69, 9.17) is 5.73 Å². The first-order chi connectivity index (χ1) is 7.35. The van der Waals surface area contributed by atoms with Crippen LogP contribution in [0.25, 0.3) is 0 Å². The molecule has 0 bridgehead atoms. The van der Waals surface area contributed by atoms with E-state index in [0.29, 0.717) is 12.0 Å². The van der Waals surface area contributed by atoms with Gasteiger partial charge in [0.05, 0.1) is 5.41 Å². The monoisotopic (exact) mass is 223 g/mol. The van der Waals surface area contributed by atoms with Gasteiger partial charge in [-0.25, -0.2) is 4.58 Å². The van der Waals surface area contributed by atoms with Gasteiger partial charge < -0.3 is 5.73 Å². The van der Waals surface area contributed by atoms with Crippen LogP contribution in [-0.4, -0.2) is 29.3 Å². The van der Waals surface area contributed by atoms with Crippen LogP contribution in [0.5, 0.6) is 0 Å². The molecule has 90 valence electrons. The normalized spacial score (nSPS) is 37.4. The summed E-state index contributed by atoms with van der Waals surface area (Å²) in [6.07, 6.45) is 3.04. The van der Waals surface area contributed by atoms with Crippen molar-refractivity contribution in [3.63, 3.8) is 0 Å². The molecule has 0 radical (unpaired) electrons. The van der Waals surface area contributed by atoms with E-state index in [1.807, 2.05) is 0 Å². The van der Waals surface area contributed by atoms with Crippen molar-refractivity contribution < 1.29 is 9.37 Å². The predicted molar refractivity (Wildman–Crippen MR) is 64.5 cm³/mol. The summed E-state index contributed by atoms with van der Waals surface area (Å²) >= 11 is 0. The van der Waals surface area contributed by atoms with Gasteiger partial charge in [0.25, 0.3) is 0 Å². The Labute approximate surface area is 97.7 Å². The van der Waals surface area contributed by atoms with Gasteiger partial charge in [-0.1, -0.05) is 0 Å². The van der Waals surface area contributed by atoms with Crippen molar-refractivity contribution in [2.24, 2.45) is 23.0 Å². The van der Waals surface area contributed by atoms with Gasteiger partial charge in [0.15, 0.2) is 11.8 Å². The average Bonchev–Trinajstić information content (AvgIpc) is 2.40. The Morgan fingerprint density at radius 2 is 2.06 bits per heavy atom. The first-order valence-electron chi connectivity index (χ1n) is 6.22. The SMILES string of the molecule is CC1=[N+](C)C2CCC(C(N)=O)CC2C1(C)C. The summed E-state index contributed by atoms with van der Waals surface area (Å²) in [7, 11) is 2.19. The highest BCUT2D eigenvalue weighted by Crippen LogP contribution is 2.46. The molecule has 2 rings (SSSR count). The Morgan fingerprint density at radius 3 is 2.62 bits per heavy atom. The van der Waals surface area contributed by atoms with Crippen molar-refractivity contribution in [1.29, 1.82) is 0 Å². The van der Waals surface area contributed by atoms with Crippen LogP contribution < -0.4 is 5.73 Å². The summed E-state index contributed by atoms with van der Waals surface area (Å²) in [4.78, 5) is 11.3. The third-order valence-corrected chi connectivity index (χ3v) is 5.10. The van der Waals surface area contributed by atoms with Gasteiger partial charge in [0, 0.05) is 25.2 Å². The minimum absolute atomic E-state index is 0.0971. The van der Waals surface area contributed by atoms with Gasteiger partial charge in [-0.15, -0.1) is 0 Å². The van der Waals surface area contributed by atoms with Crippen molar-refractivity contribution in [3.8, 4) is 0 Å². The van der Waals surface area contributed by atoms with Crippen molar-refractivity contribution in [2.75, 3.05) is 7.05 Å². The van der Waals surface area contributed by atoms with Crippen LogP contribution >= 0.6 is 0 Å². The maximum absolute atomic E-state index is 11.3. The van der Waals surface area contributed by atoms with Crippen molar-refractivity contribution >= 4 is 11.6 Å². The zero-order valence-corrected chi connectivity index (χ0v) is 10.8. The molecule has 3 atom stereocenters. The molecule has 16 heavy (non-hydrogen) atoms. The fourth-order valence-electron chi connectivity index (χ4n) is 3.62. The van der Waals surface area contributed by atoms with E-state index in [0.717, 1.165) is 19.3 Å². The molecule has 2 N–H and O–H groups in total. The van der Waals surface area contributed by atoms with Crippen LogP contribution in [0.1, 0.15) is 40.0 Å². The number of hydrogen-bond donors (Lipinski definition) is 1. The largest absolute Gasteiger partial charge is 0.369 e. The Bertz CT molecular complexity index is 357. The summed E-state index contributed by atoms with van der Waals surface area (Å²) in [5, 5.41) is 0. The fraction of sp³-hybridized carbons (Fsp3) is 0.846. The molecule has 3 unspecified atom stereocenters. The maximum Gasteiger partial charge on any atom is 0.220 e. The number of amides is 1. The van der Waals surface area contributed by atoms with Gasteiger partial charge in [0.1, 0.15) is 7.05 Å². The van der Waals surface area contributed by atoms with E-state index in [1.165, 1.54) is 5.71 Å². The molecule has 0 spiro atoms. The van der Waals surface area contributed by atoms with Crippen LogP contribution in [0.15, 0.2) is 0 Å². The molecule has 1 fully saturated rings. The number of primary amides is 1. The van der Waals surface area contributed by atoms with Crippen molar-refractivity contribution in [3.05, 3.63) is 0 Å². The Hall–Kier alpha value is -0.860. The molecule has 3 nitrogen and oxygen atoms in total. The van der Waals surface area contributed by atoms with Gasteiger partial charge in [-0.3, -0.25) is 4.79 Å². The lowest BCUT2D eigenvalue weighted by molar-refractivity contribution is -0.540. The van der Waals surface area contributed by atoms with Crippen LogP contribution in [0, 0.1) is 17.3 Å². The molecule has 0 saturated heterocycles. The summed E-state index contributed by atoms with van der Waals surface area (Å²) in [5.41, 5.74) is 7.12. The lowest BCUT2D eigenvalue weighted by Crippen LogP contribution is -2.40. The molecular formula is C13H23N2O+. The zero-order valence-electron chi connectivity index (χ0n) is 10.8. The van der Waals surface area contributed by atoms with E-state index < -0.39 is 0 Å². The van der Waals surface area contributed by atoms with E-state index >= 15 is 0 Å². The maximum atomic E-state index is 11.3.